The van der Waals surface area contributed by atoms with Crippen molar-refractivity contribution in [2.45, 2.75) is 13.5 Å². The van der Waals surface area contributed by atoms with E-state index in [0.29, 0.717) is 6.54 Å². The van der Waals surface area contributed by atoms with E-state index in [4.69, 9.17) is 5.11 Å². The second-order valence-electron chi connectivity index (χ2n) is 3.52. The number of aryl methyl sites for hydroxylation is 1. The minimum Gasteiger partial charge on any atom is -0.395 e. The van der Waals surface area contributed by atoms with Gasteiger partial charge < -0.3 is 5.11 Å². The van der Waals surface area contributed by atoms with Gasteiger partial charge in [0.15, 0.2) is 0 Å². The van der Waals surface area contributed by atoms with Crippen molar-refractivity contribution in [2.24, 2.45) is 0 Å². The summed E-state index contributed by atoms with van der Waals surface area (Å²) in [5, 5.41) is 8.90. The molecule has 0 aliphatic heterocycles. The Balaban J connectivity index is 2.60. The Morgan fingerprint density at radius 3 is 2.93 bits per heavy atom. The van der Waals surface area contributed by atoms with E-state index in [9.17, 15) is 0 Å². The van der Waals surface area contributed by atoms with Crippen molar-refractivity contribution in [3.63, 3.8) is 0 Å². The molecule has 1 rings (SSSR count). The van der Waals surface area contributed by atoms with E-state index in [2.05, 4.69) is 16.5 Å². The van der Waals surface area contributed by atoms with Crippen LogP contribution in [0.1, 0.15) is 11.4 Å². The second-order valence-corrected chi connectivity index (χ2v) is 3.52. The van der Waals surface area contributed by atoms with E-state index < -0.39 is 0 Å². The van der Waals surface area contributed by atoms with Crippen molar-refractivity contribution >= 4 is 0 Å². The van der Waals surface area contributed by atoms with Crippen molar-refractivity contribution in [2.75, 3.05) is 19.7 Å². The van der Waals surface area contributed by atoms with Gasteiger partial charge in [-0.1, -0.05) is 12.1 Å². The van der Waals surface area contributed by atoms with Crippen LogP contribution in [0.4, 0.5) is 0 Å². The summed E-state index contributed by atoms with van der Waals surface area (Å²) in [5.74, 6) is 0. The third-order valence-electron chi connectivity index (χ3n) is 2.14. The third kappa shape index (κ3) is 4.23. The number of nitrogens with zero attached hydrogens (tertiary/aromatic N) is 2. The molecule has 15 heavy (non-hydrogen) atoms. The highest BCUT2D eigenvalue weighted by Crippen LogP contribution is 2.02. The molecule has 0 aliphatic carbocycles. The van der Waals surface area contributed by atoms with E-state index in [1.165, 1.54) is 0 Å². The molecule has 0 bridgehead atoms. The summed E-state index contributed by atoms with van der Waals surface area (Å²) in [6.45, 7) is 8.03. The topological polar surface area (TPSA) is 36.4 Å². The highest BCUT2D eigenvalue weighted by molar-refractivity contribution is 5.09. The van der Waals surface area contributed by atoms with Crippen LogP contribution in [0.3, 0.4) is 0 Å². The van der Waals surface area contributed by atoms with Gasteiger partial charge in [-0.25, -0.2) is 0 Å². The number of pyridine rings is 1. The zero-order valence-corrected chi connectivity index (χ0v) is 9.19. The molecule has 3 heteroatoms. The van der Waals surface area contributed by atoms with Gasteiger partial charge in [-0.15, -0.1) is 6.58 Å². The van der Waals surface area contributed by atoms with Crippen LogP contribution in [0.2, 0.25) is 0 Å². The Kier molecular flexibility index (Phi) is 5.01. The van der Waals surface area contributed by atoms with Crippen LogP contribution < -0.4 is 0 Å². The summed E-state index contributed by atoms with van der Waals surface area (Å²) in [6, 6.07) is 5.98. The van der Waals surface area contributed by atoms with Crippen LogP contribution in [-0.2, 0) is 6.54 Å². The quantitative estimate of drug-likeness (QED) is 0.714. The summed E-state index contributed by atoms with van der Waals surface area (Å²) >= 11 is 0. The molecule has 0 saturated carbocycles. The van der Waals surface area contributed by atoms with Crippen molar-refractivity contribution in [1.29, 1.82) is 0 Å². The van der Waals surface area contributed by atoms with Gasteiger partial charge in [0.2, 0.25) is 0 Å². The molecule has 0 aromatic carbocycles. The Morgan fingerprint density at radius 1 is 1.53 bits per heavy atom. The molecule has 82 valence electrons. The van der Waals surface area contributed by atoms with Gasteiger partial charge in [0, 0.05) is 25.3 Å². The summed E-state index contributed by atoms with van der Waals surface area (Å²) in [6.07, 6.45) is 1.84. The molecule has 0 spiro atoms. The minimum atomic E-state index is 0.166. The molecule has 0 amide bonds. The largest absolute Gasteiger partial charge is 0.395 e. The monoisotopic (exact) mass is 206 g/mol. The fourth-order valence-corrected chi connectivity index (χ4v) is 1.48. The number of aliphatic hydroxyl groups excluding tert-OH is 1. The van der Waals surface area contributed by atoms with E-state index >= 15 is 0 Å². The number of aliphatic hydroxyl groups is 1. The third-order valence-corrected chi connectivity index (χ3v) is 2.14. The summed E-state index contributed by atoms with van der Waals surface area (Å²) in [5.41, 5.74) is 2.06. The lowest BCUT2D eigenvalue weighted by atomic mass is 10.3. The molecular formula is C12H18N2O. The lowest BCUT2D eigenvalue weighted by Gasteiger charge is -2.18. The van der Waals surface area contributed by atoms with E-state index in [-0.39, 0.29) is 6.61 Å². The van der Waals surface area contributed by atoms with Gasteiger partial charge in [-0.05, 0) is 19.1 Å². The predicted molar refractivity (Wildman–Crippen MR) is 61.5 cm³/mol. The van der Waals surface area contributed by atoms with Crippen molar-refractivity contribution in [1.82, 2.24) is 9.88 Å². The first-order valence-corrected chi connectivity index (χ1v) is 5.13. The summed E-state index contributed by atoms with van der Waals surface area (Å²) in [4.78, 5) is 6.53. The van der Waals surface area contributed by atoms with Crippen LogP contribution in [0, 0.1) is 6.92 Å². The maximum Gasteiger partial charge on any atom is 0.0558 e. The predicted octanol–water partition coefficient (Wildman–Crippen LogP) is 1.37. The van der Waals surface area contributed by atoms with Gasteiger partial charge in [-0.2, -0.15) is 0 Å². The van der Waals surface area contributed by atoms with Gasteiger partial charge in [0.1, 0.15) is 0 Å². The lowest BCUT2D eigenvalue weighted by Crippen LogP contribution is -2.27. The first-order valence-electron chi connectivity index (χ1n) is 5.13. The maximum atomic E-state index is 8.90. The molecule has 0 aliphatic rings. The van der Waals surface area contributed by atoms with Crippen molar-refractivity contribution < 1.29 is 5.11 Å². The second kappa shape index (κ2) is 6.32. The Labute approximate surface area is 91.1 Å². The lowest BCUT2D eigenvalue weighted by molar-refractivity contribution is 0.202. The molecule has 0 saturated heterocycles. The molecule has 1 aromatic heterocycles. The standard InChI is InChI=1S/C12H18N2O/c1-3-7-14(8-9-15)10-12-6-4-5-11(2)13-12/h3-6,15H,1,7-10H2,2H3. The average Bonchev–Trinajstić information content (AvgIpc) is 2.18. The Hall–Kier alpha value is -1.19. The van der Waals surface area contributed by atoms with Gasteiger partial charge in [-0.3, -0.25) is 9.88 Å². The fraction of sp³-hybridized carbons (Fsp3) is 0.417. The van der Waals surface area contributed by atoms with Gasteiger partial charge in [0.05, 0.1) is 12.3 Å². The molecule has 1 aromatic rings. The van der Waals surface area contributed by atoms with E-state index in [0.717, 1.165) is 24.5 Å². The van der Waals surface area contributed by atoms with Gasteiger partial charge in [0.25, 0.3) is 0 Å². The molecule has 0 atom stereocenters. The Morgan fingerprint density at radius 2 is 2.33 bits per heavy atom. The zero-order valence-electron chi connectivity index (χ0n) is 9.19. The highest BCUT2D eigenvalue weighted by atomic mass is 16.3. The van der Waals surface area contributed by atoms with Crippen molar-refractivity contribution in [3.8, 4) is 0 Å². The highest BCUT2D eigenvalue weighted by Gasteiger charge is 2.04. The van der Waals surface area contributed by atoms with Crippen LogP contribution in [0.5, 0.6) is 0 Å². The Bertz CT molecular complexity index is 312. The molecule has 3 nitrogen and oxygen atoms in total. The summed E-state index contributed by atoms with van der Waals surface area (Å²) < 4.78 is 0. The number of rotatable bonds is 6. The molecule has 0 radical (unpaired) electrons. The molecule has 0 unspecified atom stereocenters. The summed E-state index contributed by atoms with van der Waals surface area (Å²) in [7, 11) is 0. The van der Waals surface area contributed by atoms with Crippen LogP contribution in [-0.4, -0.2) is 34.7 Å². The average molecular weight is 206 g/mol. The van der Waals surface area contributed by atoms with Crippen LogP contribution >= 0.6 is 0 Å². The molecule has 1 N–H and O–H groups in total. The maximum absolute atomic E-state index is 8.90. The van der Waals surface area contributed by atoms with Crippen LogP contribution in [0.25, 0.3) is 0 Å². The number of hydrogen-bond acceptors (Lipinski definition) is 3. The fourth-order valence-electron chi connectivity index (χ4n) is 1.48. The number of aromatic nitrogens is 1. The first kappa shape index (κ1) is 11.9. The molecule has 1 heterocycles. The van der Waals surface area contributed by atoms with Crippen LogP contribution in [0.15, 0.2) is 30.9 Å². The molecular weight excluding hydrogens is 188 g/mol. The first-order chi connectivity index (χ1) is 7.26. The minimum absolute atomic E-state index is 0.166. The van der Waals surface area contributed by atoms with E-state index in [1.807, 2.05) is 31.2 Å². The normalized spacial score (nSPS) is 10.6. The smallest absolute Gasteiger partial charge is 0.0558 e. The number of hydrogen-bond donors (Lipinski definition) is 1. The van der Waals surface area contributed by atoms with Gasteiger partial charge >= 0.3 is 0 Å². The SMILES string of the molecule is C=CCN(CCO)Cc1cccc(C)n1. The molecule has 0 fully saturated rings. The van der Waals surface area contributed by atoms with E-state index in [1.54, 1.807) is 0 Å². The zero-order chi connectivity index (χ0) is 11.1. The van der Waals surface area contributed by atoms with Crippen molar-refractivity contribution in [3.05, 3.63) is 42.2 Å².